The van der Waals surface area contributed by atoms with E-state index in [1.165, 1.54) is 17.6 Å². The lowest BCUT2D eigenvalue weighted by Crippen LogP contribution is -2.31. The quantitative estimate of drug-likeness (QED) is 0.267. The lowest BCUT2D eigenvalue weighted by atomic mass is 10.1. The van der Waals surface area contributed by atoms with Crippen molar-refractivity contribution in [3.63, 3.8) is 0 Å². The molecule has 1 amide bonds. The summed E-state index contributed by atoms with van der Waals surface area (Å²) in [5, 5.41) is 5.69. The number of hydrogen-bond donors (Lipinski definition) is 2. The van der Waals surface area contributed by atoms with Crippen LogP contribution < -0.4 is 20.9 Å². The molecule has 0 saturated heterocycles. The van der Waals surface area contributed by atoms with E-state index in [9.17, 15) is 22.8 Å². The monoisotopic (exact) mass is 555 g/mol. The van der Waals surface area contributed by atoms with Crippen LogP contribution in [0.2, 0.25) is 0 Å². The summed E-state index contributed by atoms with van der Waals surface area (Å²) in [7, 11) is 1.58. The van der Waals surface area contributed by atoms with Gasteiger partial charge < -0.3 is 20.1 Å². The molecule has 0 saturated carbocycles. The summed E-state index contributed by atoms with van der Waals surface area (Å²) in [5.74, 6) is 0.725. The second-order valence-corrected chi connectivity index (χ2v) is 8.86. The highest BCUT2D eigenvalue weighted by Gasteiger charge is 2.30. The molecule has 0 radical (unpaired) electrons. The topological polar surface area (TPSA) is 107 Å². The van der Waals surface area contributed by atoms with E-state index in [0.717, 1.165) is 12.1 Å². The molecule has 2 aromatic heterocycles. The van der Waals surface area contributed by atoms with Crippen molar-refractivity contribution in [1.82, 2.24) is 19.9 Å². The van der Waals surface area contributed by atoms with E-state index in [1.807, 2.05) is 0 Å². The Balaban J connectivity index is 1.65. The maximum Gasteiger partial charge on any atom is 0.416 e. The maximum absolute atomic E-state index is 13.6. The summed E-state index contributed by atoms with van der Waals surface area (Å²) >= 11 is 0. The fourth-order valence-electron chi connectivity index (χ4n) is 3.96. The minimum Gasteiger partial charge on any atom is -0.491 e. The lowest BCUT2D eigenvalue weighted by molar-refractivity contribution is -0.137. The Kier molecular flexibility index (Phi) is 9.00. The average molecular weight is 556 g/mol. The van der Waals surface area contributed by atoms with Crippen molar-refractivity contribution < 1.29 is 27.4 Å². The molecule has 40 heavy (non-hydrogen) atoms. The van der Waals surface area contributed by atoms with Gasteiger partial charge in [-0.3, -0.25) is 14.2 Å². The first kappa shape index (κ1) is 28.6. The number of rotatable bonds is 11. The van der Waals surface area contributed by atoms with Crippen LogP contribution in [-0.2, 0) is 28.8 Å². The minimum atomic E-state index is -4.44. The van der Waals surface area contributed by atoms with Crippen molar-refractivity contribution in [3.05, 3.63) is 82.1 Å². The fraction of sp³-hybridized carbons (Fsp3) is 0.286. The number of hydrogen-bond acceptors (Lipinski definition) is 7. The van der Waals surface area contributed by atoms with Gasteiger partial charge in [-0.15, -0.1) is 0 Å². The Morgan fingerprint density at radius 1 is 1.02 bits per heavy atom. The molecule has 0 aliphatic carbocycles. The van der Waals surface area contributed by atoms with Crippen LogP contribution in [0.4, 0.5) is 19.0 Å². The van der Waals surface area contributed by atoms with Crippen LogP contribution in [0.1, 0.15) is 18.1 Å². The third-order valence-electron chi connectivity index (χ3n) is 5.91. The molecule has 2 aromatic carbocycles. The highest BCUT2D eigenvalue weighted by Crippen LogP contribution is 2.29. The Labute approximate surface area is 228 Å². The van der Waals surface area contributed by atoms with E-state index in [2.05, 4.69) is 20.6 Å². The van der Waals surface area contributed by atoms with Crippen LogP contribution in [0, 0.1) is 0 Å². The number of ether oxygens (including phenoxy) is 2. The number of halogens is 3. The van der Waals surface area contributed by atoms with Gasteiger partial charge in [0.1, 0.15) is 29.4 Å². The first-order valence-corrected chi connectivity index (χ1v) is 12.4. The summed E-state index contributed by atoms with van der Waals surface area (Å²) in [6.45, 7) is 2.61. The molecule has 0 aliphatic heterocycles. The van der Waals surface area contributed by atoms with Crippen molar-refractivity contribution in [2.45, 2.75) is 26.2 Å². The van der Waals surface area contributed by atoms with Crippen molar-refractivity contribution in [3.8, 4) is 17.0 Å². The van der Waals surface area contributed by atoms with Crippen molar-refractivity contribution in [2.75, 3.05) is 32.2 Å². The summed E-state index contributed by atoms with van der Waals surface area (Å²) in [5.41, 5.74) is 0.749. The minimum absolute atomic E-state index is 0.0862. The maximum atomic E-state index is 13.6. The number of benzene rings is 2. The van der Waals surface area contributed by atoms with Crippen LogP contribution >= 0.6 is 0 Å². The third kappa shape index (κ3) is 7.14. The van der Waals surface area contributed by atoms with E-state index < -0.39 is 17.3 Å². The summed E-state index contributed by atoms with van der Waals surface area (Å²) < 4.78 is 51.2. The van der Waals surface area contributed by atoms with Crippen molar-refractivity contribution in [2.24, 2.45) is 0 Å². The molecule has 210 valence electrons. The normalized spacial score (nSPS) is 11.4. The Hall–Kier alpha value is -4.45. The summed E-state index contributed by atoms with van der Waals surface area (Å²) in [4.78, 5) is 34.1. The predicted octanol–water partition coefficient (Wildman–Crippen LogP) is 4.25. The van der Waals surface area contributed by atoms with Gasteiger partial charge >= 0.3 is 6.18 Å². The van der Waals surface area contributed by atoms with E-state index >= 15 is 0 Å². The number of carbonyl (C=O) groups excluding carboxylic acids is 1. The molecule has 0 atom stereocenters. The van der Waals surface area contributed by atoms with Crippen LogP contribution in [0.3, 0.4) is 0 Å². The van der Waals surface area contributed by atoms with E-state index in [0.29, 0.717) is 41.4 Å². The molecular weight excluding hydrogens is 527 g/mol. The zero-order chi connectivity index (χ0) is 28.7. The number of nitrogens with one attached hydrogen (secondary N) is 2. The smallest absolute Gasteiger partial charge is 0.416 e. The third-order valence-corrected chi connectivity index (χ3v) is 5.91. The Morgan fingerprint density at radius 3 is 2.50 bits per heavy atom. The second-order valence-electron chi connectivity index (χ2n) is 8.86. The van der Waals surface area contributed by atoms with Crippen molar-refractivity contribution >= 4 is 22.9 Å². The van der Waals surface area contributed by atoms with Gasteiger partial charge in [-0.1, -0.05) is 12.1 Å². The van der Waals surface area contributed by atoms with E-state index in [4.69, 9.17) is 9.47 Å². The number of aromatic nitrogens is 3. The van der Waals surface area contributed by atoms with Crippen LogP contribution in [0.25, 0.3) is 22.4 Å². The van der Waals surface area contributed by atoms with Gasteiger partial charge in [-0.25, -0.2) is 9.97 Å². The van der Waals surface area contributed by atoms with Gasteiger partial charge in [0, 0.05) is 39.2 Å². The number of methoxy groups -OCH3 is 1. The standard InChI is InChI=1S/C28H28F3N5O4/c1-18(37)32-12-13-36-26-23(34-25(27(36)38)20-6-8-22(9-7-20)40-15-14-39-2)10-11-24(35-26)33-17-19-4-3-5-21(16-19)28(29,30)31/h3-11,16H,12-15,17H2,1-2H3,(H,32,37)(H,33,35). The number of nitrogens with zero attached hydrogens (tertiary/aromatic N) is 3. The van der Waals surface area contributed by atoms with Gasteiger partial charge in [0.25, 0.3) is 5.56 Å². The average Bonchev–Trinajstić information content (AvgIpc) is 2.93. The van der Waals surface area contributed by atoms with Crippen molar-refractivity contribution in [1.29, 1.82) is 0 Å². The SMILES string of the molecule is COCCOc1ccc(-c2nc3ccc(NCc4cccc(C(F)(F)F)c4)nc3n(CCNC(C)=O)c2=O)cc1. The van der Waals surface area contributed by atoms with Crippen LogP contribution in [-0.4, -0.2) is 47.3 Å². The number of carbonyl (C=O) groups is 1. The lowest BCUT2D eigenvalue weighted by Gasteiger charge is -2.14. The highest BCUT2D eigenvalue weighted by molar-refractivity contribution is 5.76. The summed E-state index contributed by atoms with van der Waals surface area (Å²) in [6.07, 6.45) is -4.44. The fourth-order valence-corrected chi connectivity index (χ4v) is 3.96. The molecule has 0 aliphatic rings. The molecule has 0 spiro atoms. The summed E-state index contributed by atoms with van der Waals surface area (Å²) in [6, 6.07) is 15.2. The molecule has 4 rings (SSSR count). The second kappa shape index (κ2) is 12.6. The predicted molar refractivity (Wildman–Crippen MR) is 144 cm³/mol. The van der Waals surface area contributed by atoms with Gasteiger partial charge in [-0.05, 0) is 54.1 Å². The number of fused-ring (bicyclic) bond motifs is 1. The number of amides is 1. The largest absolute Gasteiger partial charge is 0.491 e. The molecule has 0 unspecified atom stereocenters. The Morgan fingerprint density at radius 2 is 1.80 bits per heavy atom. The Bertz CT molecular complexity index is 1540. The van der Waals surface area contributed by atoms with E-state index in [-0.39, 0.29) is 36.9 Å². The first-order chi connectivity index (χ1) is 19.2. The zero-order valence-electron chi connectivity index (χ0n) is 21.9. The molecule has 0 bridgehead atoms. The molecular formula is C28H28F3N5O4. The van der Waals surface area contributed by atoms with E-state index in [1.54, 1.807) is 49.6 Å². The first-order valence-electron chi connectivity index (χ1n) is 12.4. The van der Waals surface area contributed by atoms with Gasteiger partial charge in [0.05, 0.1) is 12.2 Å². The number of anilines is 1. The molecule has 2 heterocycles. The molecule has 9 nitrogen and oxygen atoms in total. The van der Waals surface area contributed by atoms with Gasteiger partial charge in [-0.2, -0.15) is 13.2 Å². The van der Waals surface area contributed by atoms with Gasteiger partial charge in [0.2, 0.25) is 5.91 Å². The van der Waals surface area contributed by atoms with Crippen LogP contribution in [0.5, 0.6) is 5.75 Å². The molecule has 12 heteroatoms. The number of alkyl halides is 3. The van der Waals surface area contributed by atoms with Gasteiger partial charge in [0.15, 0.2) is 5.65 Å². The highest BCUT2D eigenvalue weighted by atomic mass is 19.4. The number of pyridine rings is 1. The van der Waals surface area contributed by atoms with Crippen LogP contribution in [0.15, 0.2) is 65.5 Å². The molecule has 2 N–H and O–H groups in total. The molecule has 0 fully saturated rings. The zero-order valence-corrected chi connectivity index (χ0v) is 21.9. The molecule has 4 aromatic rings.